The van der Waals surface area contributed by atoms with Gasteiger partial charge in [-0.05, 0) is 61.1 Å². The SMILES string of the molecule is C[C@@H](NC(c1ccc(F)cc1)C1CC1)c1cccc(Br)c1. The molecule has 1 N–H and O–H groups in total. The predicted octanol–water partition coefficient (Wildman–Crippen LogP) is 5.39. The summed E-state index contributed by atoms with van der Waals surface area (Å²) in [7, 11) is 0. The average molecular weight is 348 g/mol. The van der Waals surface area contributed by atoms with Crippen molar-refractivity contribution in [3.05, 3.63) is 69.9 Å². The molecule has 1 fully saturated rings. The largest absolute Gasteiger partial charge is 0.303 e. The number of benzene rings is 2. The van der Waals surface area contributed by atoms with Crippen LogP contribution in [0.5, 0.6) is 0 Å². The molecular formula is C18H19BrFN. The van der Waals surface area contributed by atoms with Crippen LogP contribution in [0.25, 0.3) is 0 Å². The molecule has 0 aliphatic heterocycles. The van der Waals surface area contributed by atoms with E-state index < -0.39 is 0 Å². The van der Waals surface area contributed by atoms with Crippen LogP contribution in [0.4, 0.5) is 4.39 Å². The van der Waals surface area contributed by atoms with Crippen LogP contribution in [0.2, 0.25) is 0 Å². The number of hydrogen-bond donors (Lipinski definition) is 1. The molecule has 1 aliphatic carbocycles. The Balaban J connectivity index is 1.77. The molecule has 0 heterocycles. The van der Waals surface area contributed by atoms with E-state index >= 15 is 0 Å². The molecule has 21 heavy (non-hydrogen) atoms. The number of hydrogen-bond acceptors (Lipinski definition) is 1. The normalized spacial score (nSPS) is 17.5. The fourth-order valence-electron chi connectivity index (χ4n) is 2.75. The topological polar surface area (TPSA) is 12.0 Å². The molecule has 1 nitrogen and oxygen atoms in total. The first-order valence-corrected chi connectivity index (χ1v) is 8.20. The highest BCUT2D eigenvalue weighted by molar-refractivity contribution is 9.10. The van der Waals surface area contributed by atoms with E-state index in [9.17, 15) is 4.39 Å². The highest BCUT2D eigenvalue weighted by Gasteiger charge is 2.33. The minimum Gasteiger partial charge on any atom is -0.303 e. The molecule has 1 aliphatic rings. The van der Waals surface area contributed by atoms with Gasteiger partial charge in [0.05, 0.1) is 0 Å². The van der Waals surface area contributed by atoms with E-state index in [0.717, 1.165) is 4.47 Å². The second-order valence-electron chi connectivity index (χ2n) is 5.81. The lowest BCUT2D eigenvalue weighted by molar-refractivity contribution is 0.427. The first kappa shape index (κ1) is 14.7. The van der Waals surface area contributed by atoms with Crippen molar-refractivity contribution < 1.29 is 4.39 Å². The lowest BCUT2D eigenvalue weighted by Crippen LogP contribution is -2.26. The van der Waals surface area contributed by atoms with E-state index in [-0.39, 0.29) is 11.9 Å². The number of halogens is 2. The van der Waals surface area contributed by atoms with E-state index in [1.807, 2.05) is 18.2 Å². The molecule has 0 aromatic heterocycles. The minimum absolute atomic E-state index is 0.173. The van der Waals surface area contributed by atoms with Gasteiger partial charge in [-0.2, -0.15) is 0 Å². The summed E-state index contributed by atoms with van der Waals surface area (Å²) in [5, 5.41) is 3.71. The molecule has 1 unspecified atom stereocenters. The molecule has 0 saturated heterocycles. The Morgan fingerprint density at radius 1 is 1.10 bits per heavy atom. The maximum atomic E-state index is 13.1. The van der Waals surface area contributed by atoms with E-state index in [1.165, 1.54) is 24.0 Å². The van der Waals surface area contributed by atoms with Gasteiger partial charge in [0.25, 0.3) is 0 Å². The molecule has 2 atom stereocenters. The molecule has 0 radical (unpaired) electrons. The van der Waals surface area contributed by atoms with Gasteiger partial charge in [0.15, 0.2) is 0 Å². The third-order valence-electron chi connectivity index (χ3n) is 4.10. The highest BCUT2D eigenvalue weighted by atomic mass is 79.9. The van der Waals surface area contributed by atoms with Gasteiger partial charge in [0, 0.05) is 16.6 Å². The fraction of sp³-hybridized carbons (Fsp3) is 0.333. The summed E-state index contributed by atoms with van der Waals surface area (Å²) in [5.41, 5.74) is 2.44. The summed E-state index contributed by atoms with van der Waals surface area (Å²) in [5.74, 6) is 0.499. The molecule has 0 spiro atoms. The zero-order valence-corrected chi connectivity index (χ0v) is 13.6. The van der Waals surface area contributed by atoms with Crippen LogP contribution in [0, 0.1) is 11.7 Å². The van der Waals surface area contributed by atoms with Crippen LogP contribution in [0.3, 0.4) is 0 Å². The van der Waals surface area contributed by atoms with Crippen molar-refractivity contribution >= 4 is 15.9 Å². The Hall–Kier alpha value is -1.19. The van der Waals surface area contributed by atoms with Crippen molar-refractivity contribution in [3.8, 4) is 0 Å². The Morgan fingerprint density at radius 3 is 2.43 bits per heavy atom. The molecule has 1 saturated carbocycles. The van der Waals surface area contributed by atoms with Crippen molar-refractivity contribution in [2.75, 3.05) is 0 Å². The van der Waals surface area contributed by atoms with Crippen LogP contribution in [-0.4, -0.2) is 0 Å². The molecule has 2 aromatic rings. The van der Waals surface area contributed by atoms with Gasteiger partial charge in [-0.15, -0.1) is 0 Å². The van der Waals surface area contributed by atoms with E-state index in [1.54, 1.807) is 12.1 Å². The van der Waals surface area contributed by atoms with Crippen molar-refractivity contribution in [1.29, 1.82) is 0 Å². The molecule has 0 amide bonds. The number of rotatable bonds is 5. The quantitative estimate of drug-likeness (QED) is 0.764. The second kappa shape index (κ2) is 6.29. The van der Waals surface area contributed by atoms with Gasteiger partial charge < -0.3 is 5.32 Å². The Labute approximate surface area is 133 Å². The lowest BCUT2D eigenvalue weighted by Gasteiger charge is -2.24. The molecule has 3 heteroatoms. The summed E-state index contributed by atoms with van der Waals surface area (Å²) in [4.78, 5) is 0. The Bertz CT molecular complexity index is 607. The van der Waals surface area contributed by atoms with Crippen molar-refractivity contribution in [2.24, 2.45) is 5.92 Å². The maximum absolute atomic E-state index is 13.1. The van der Waals surface area contributed by atoms with E-state index in [4.69, 9.17) is 0 Å². The third-order valence-corrected chi connectivity index (χ3v) is 4.59. The number of nitrogens with one attached hydrogen (secondary N) is 1. The first-order valence-electron chi connectivity index (χ1n) is 7.40. The fourth-order valence-corrected chi connectivity index (χ4v) is 3.16. The van der Waals surface area contributed by atoms with Gasteiger partial charge in [-0.25, -0.2) is 4.39 Å². The zero-order valence-electron chi connectivity index (χ0n) is 12.0. The predicted molar refractivity (Wildman–Crippen MR) is 87.6 cm³/mol. The Kier molecular flexibility index (Phi) is 4.41. The van der Waals surface area contributed by atoms with Crippen molar-refractivity contribution in [3.63, 3.8) is 0 Å². The zero-order chi connectivity index (χ0) is 14.8. The summed E-state index contributed by atoms with van der Waals surface area (Å²) in [6.07, 6.45) is 2.50. The van der Waals surface area contributed by atoms with Crippen LogP contribution < -0.4 is 5.32 Å². The van der Waals surface area contributed by atoms with Crippen molar-refractivity contribution in [2.45, 2.75) is 31.8 Å². The molecule has 3 rings (SSSR count). The van der Waals surface area contributed by atoms with Crippen LogP contribution in [-0.2, 0) is 0 Å². The van der Waals surface area contributed by atoms with Gasteiger partial charge in [0.1, 0.15) is 5.82 Å². The van der Waals surface area contributed by atoms with E-state index in [2.05, 4.69) is 46.4 Å². The Morgan fingerprint density at radius 2 is 1.81 bits per heavy atom. The van der Waals surface area contributed by atoms with E-state index in [0.29, 0.717) is 12.0 Å². The third kappa shape index (κ3) is 3.72. The summed E-state index contributed by atoms with van der Waals surface area (Å²) < 4.78 is 14.2. The van der Waals surface area contributed by atoms with Crippen LogP contribution in [0.15, 0.2) is 53.0 Å². The molecular weight excluding hydrogens is 329 g/mol. The summed E-state index contributed by atoms with van der Waals surface area (Å²) >= 11 is 3.52. The standard InChI is InChI=1S/C18H19BrFN/c1-12(15-3-2-4-16(19)11-15)21-18(13-5-6-13)14-7-9-17(20)10-8-14/h2-4,7-13,18,21H,5-6H2,1H3/t12-,18?/m1/s1. The molecule has 110 valence electrons. The highest BCUT2D eigenvalue weighted by Crippen LogP contribution is 2.42. The second-order valence-corrected chi connectivity index (χ2v) is 6.73. The monoisotopic (exact) mass is 347 g/mol. The lowest BCUT2D eigenvalue weighted by atomic mass is 9.99. The summed E-state index contributed by atoms with van der Waals surface area (Å²) in [6, 6.07) is 15.8. The maximum Gasteiger partial charge on any atom is 0.123 e. The average Bonchev–Trinajstić information content (AvgIpc) is 3.30. The molecule has 0 bridgehead atoms. The van der Waals surface area contributed by atoms with Gasteiger partial charge in [-0.3, -0.25) is 0 Å². The van der Waals surface area contributed by atoms with Crippen molar-refractivity contribution in [1.82, 2.24) is 5.32 Å². The minimum atomic E-state index is -0.173. The van der Waals surface area contributed by atoms with Gasteiger partial charge >= 0.3 is 0 Å². The summed E-state index contributed by atoms with van der Waals surface area (Å²) in [6.45, 7) is 2.18. The first-order chi connectivity index (χ1) is 10.1. The van der Waals surface area contributed by atoms with Crippen LogP contribution in [0.1, 0.15) is 43.0 Å². The smallest absolute Gasteiger partial charge is 0.123 e. The molecule has 2 aromatic carbocycles. The van der Waals surface area contributed by atoms with Crippen LogP contribution >= 0.6 is 15.9 Å². The van der Waals surface area contributed by atoms with Gasteiger partial charge in [0.2, 0.25) is 0 Å². The van der Waals surface area contributed by atoms with Gasteiger partial charge in [-0.1, -0.05) is 40.2 Å².